The van der Waals surface area contributed by atoms with E-state index in [9.17, 15) is 4.79 Å². The normalized spacial score (nSPS) is 10.0. The van der Waals surface area contributed by atoms with Crippen molar-refractivity contribution in [3.05, 3.63) is 58.9 Å². The summed E-state index contributed by atoms with van der Waals surface area (Å²) in [5, 5.41) is 3.13. The van der Waals surface area contributed by atoms with Crippen LogP contribution in [0.2, 0.25) is 5.02 Å². The highest BCUT2D eigenvalue weighted by Gasteiger charge is 2.10. The lowest BCUT2D eigenvalue weighted by atomic mass is 10.2. The molecule has 0 aliphatic carbocycles. The summed E-state index contributed by atoms with van der Waals surface area (Å²) < 4.78 is 5.22. The van der Waals surface area contributed by atoms with Gasteiger partial charge in [0, 0.05) is 24.5 Å². The quantitative estimate of drug-likeness (QED) is 0.934. The Kier molecular flexibility index (Phi) is 4.36. The molecule has 0 bridgehead atoms. The highest BCUT2D eigenvalue weighted by Crippen LogP contribution is 2.17. The molecule has 0 saturated carbocycles. The molecule has 0 radical (unpaired) electrons. The summed E-state index contributed by atoms with van der Waals surface area (Å²) in [6.07, 6.45) is 2.98. The second kappa shape index (κ2) is 6.20. The Balaban J connectivity index is 2.07. The molecule has 0 spiro atoms. The van der Waals surface area contributed by atoms with Crippen LogP contribution in [-0.2, 0) is 6.54 Å². The van der Waals surface area contributed by atoms with Gasteiger partial charge in [-0.2, -0.15) is 0 Å². The van der Waals surface area contributed by atoms with Gasteiger partial charge in [-0.25, -0.2) is 0 Å². The molecule has 19 heavy (non-hydrogen) atoms. The topological polar surface area (TPSA) is 51.2 Å². The van der Waals surface area contributed by atoms with Crippen LogP contribution in [0.25, 0.3) is 0 Å². The second-order valence-corrected chi connectivity index (χ2v) is 4.26. The molecule has 0 unspecified atom stereocenters. The SMILES string of the molecule is COc1ccccc1CNC(=O)c1ccncc1Cl. The lowest BCUT2D eigenvalue weighted by Crippen LogP contribution is -2.23. The average molecular weight is 277 g/mol. The maximum Gasteiger partial charge on any atom is 0.253 e. The Morgan fingerprint density at radius 2 is 2.16 bits per heavy atom. The zero-order valence-electron chi connectivity index (χ0n) is 10.4. The molecule has 0 fully saturated rings. The smallest absolute Gasteiger partial charge is 0.253 e. The number of pyridine rings is 1. The van der Waals surface area contributed by atoms with Crippen LogP contribution in [0.3, 0.4) is 0 Å². The molecule has 1 aromatic heterocycles. The third kappa shape index (κ3) is 3.23. The van der Waals surface area contributed by atoms with Crippen molar-refractivity contribution in [3.8, 4) is 5.75 Å². The van der Waals surface area contributed by atoms with Gasteiger partial charge in [-0.1, -0.05) is 29.8 Å². The zero-order valence-corrected chi connectivity index (χ0v) is 11.1. The van der Waals surface area contributed by atoms with Gasteiger partial charge in [-0.3, -0.25) is 9.78 Å². The standard InChI is InChI=1S/C14H13ClN2O2/c1-19-13-5-3-2-4-10(13)8-17-14(18)11-6-7-16-9-12(11)15/h2-7,9H,8H2,1H3,(H,17,18). The van der Waals surface area contributed by atoms with Crippen LogP contribution < -0.4 is 10.1 Å². The van der Waals surface area contributed by atoms with E-state index < -0.39 is 0 Å². The number of para-hydroxylation sites is 1. The second-order valence-electron chi connectivity index (χ2n) is 3.85. The first kappa shape index (κ1) is 13.4. The number of hydrogen-bond donors (Lipinski definition) is 1. The number of benzene rings is 1. The summed E-state index contributed by atoms with van der Waals surface area (Å²) in [5.41, 5.74) is 1.31. The largest absolute Gasteiger partial charge is 0.496 e. The number of aromatic nitrogens is 1. The van der Waals surface area contributed by atoms with E-state index in [-0.39, 0.29) is 5.91 Å². The molecular formula is C14H13ClN2O2. The number of carbonyl (C=O) groups is 1. The third-order valence-corrected chi connectivity index (χ3v) is 2.95. The summed E-state index contributed by atoms with van der Waals surface area (Å²) in [4.78, 5) is 15.8. The van der Waals surface area contributed by atoms with Gasteiger partial charge in [0.25, 0.3) is 5.91 Å². The van der Waals surface area contributed by atoms with E-state index in [1.165, 1.54) is 12.4 Å². The lowest BCUT2D eigenvalue weighted by molar-refractivity contribution is 0.0950. The van der Waals surface area contributed by atoms with E-state index in [1.807, 2.05) is 24.3 Å². The van der Waals surface area contributed by atoms with Crippen molar-refractivity contribution >= 4 is 17.5 Å². The molecule has 0 atom stereocenters. The minimum absolute atomic E-state index is 0.238. The molecule has 0 saturated heterocycles. The number of hydrogen-bond acceptors (Lipinski definition) is 3. The summed E-state index contributed by atoms with van der Waals surface area (Å²) in [5.74, 6) is 0.502. The molecule has 0 aliphatic heterocycles. The van der Waals surface area contributed by atoms with Crippen molar-refractivity contribution in [1.82, 2.24) is 10.3 Å². The van der Waals surface area contributed by atoms with Crippen molar-refractivity contribution in [2.45, 2.75) is 6.54 Å². The van der Waals surface area contributed by atoms with Crippen LogP contribution in [-0.4, -0.2) is 18.0 Å². The average Bonchev–Trinajstić information content (AvgIpc) is 2.45. The van der Waals surface area contributed by atoms with Crippen molar-refractivity contribution in [2.24, 2.45) is 0 Å². The van der Waals surface area contributed by atoms with Crippen molar-refractivity contribution in [3.63, 3.8) is 0 Å². The number of nitrogens with zero attached hydrogens (tertiary/aromatic N) is 1. The van der Waals surface area contributed by atoms with Crippen molar-refractivity contribution < 1.29 is 9.53 Å². The van der Waals surface area contributed by atoms with E-state index in [0.29, 0.717) is 17.1 Å². The number of methoxy groups -OCH3 is 1. The highest BCUT2D eigenvalue weighted by molar-refractivity contribution is 6.33. The summed E-state index contributed by atoms with van der Waals surface area (Å²) in [7, 11) is 1.60. The van der Waals surface area contributed by atoms with E-state index in [4.69, 9.17) is 16.3 Å². The van der Waals surface area contributed by atoms with Gasteiger partial charge < -0.3 is 10.1 Å². The predicted octanol–water partition coefficient (Wildman–Crippen LogP) is 2.67. The molecular weight excluding hydrogens is 264 g/mol. The molecule has 0 aliphatic rings. The van der Waals surface area contributed by atoms with Gasteiger partial charge in [-0.15, -0.1) is 0 Å². The van der Waals surface area contributed by atoms with Gasteiger partial charge in [0.2, 0.25) is 0 Å². The predicted molar refractivity (Wildman–Crippen MR) is 73.4 cm³/mol. The Bertz CT molecular complexity index is 587. The van der Waals surface area contributed by atoms with Crippen LogP contribution in [0.4, 0.5) is 0 Å². The first-order chi connectivity index (χ1) is 9.22. The van der Waals surface area contributed by atoms with E-state index >= 15 is 0 Å². The molecule has 1 N–H and O–H groups in total. The van der Waals surface area contributed by atoms with Gasteiger partial charge in [-0.05, 0) is 12.1 Å². The molecule has 1 heterocycles. The van der Waals surface area contributed by atoms with Crippen LogP contribution in [0.15, 0.2) is 42.7 Å². The van der Waals surface area contributed by atoms with Crippen LogP contribution in [0.5, 0.6) is 5.75 Å². The third-order valence-electron chi connectivity index (χ3n) is 2.65. The molecule has 1 aromatic carbocycles. The monoisotopic (exact) mass is 276 g/mol. The molecule has 2 rings (SSSR count). The van der Waals surface area contributed by atoms with E-state index in [2.05, 4.69) is 10.3 Å². The first-order valence-corrected chi connectivity index (χ1v) is 6.09. The van der Waals surface area contributed by atoms with E-state index in [0.717, 1.165) is 11.3 Å². The maximum atomic E-state index is 12.0. The molecule has 2 aromatic rings. The Hall–Kier alpha value is -2.07. The summed E-state index contributed by atoms with van der Waals surface area (Å²) in [6.45, 7) is 0.376. The Morgan fingerprint density at radius 3 is 2.89 bits per heavy atom. The number of carbonyl (C=O) groups excluding carboxylic acids is 1. The Labute approximate surface area is 116 Å². The van der Waals surface area contributed by atoms with Crippen molar-refractivity contribution in [2.75, 3.05) is 7.11 Å². The molecule has 98 valence electrons. The number of halogens is 1. The van der Waals surface area contributed by atoms with Gasteiger partial charge in [0.05, 0.1) is 17.7 Å². The first-order valence-electron chi connectivity index (χ1n) is 5.72. The fourth-order valence-corrected chi connectivity index (χ4v) is 1.88. The Morgan fingerprint density at radius 1 is 1.37 bits per heavy atom. The zero-order chi connectivity index (χ0) is 13.7. The van der Waals surface area contributed by atoms with Crippen LogP contribution >= 0.6 is 11.6 Å². The minimum Gasteiger partial charge on any atom is -0.496 e. The molecule has 5 heteroatoms. The summed E-state index contributed by atoms with van der Waals surface area (Å²) >= 11 is 5.91. The molecule has 1 amide bonds. The van der Waals surface area contributed by atoms with Crippen LogP contribution in [0.1, 0.15) is 15.9 Å². The summed E-state index contributed by atoms with van der Waals surface area (Å²) in [6, 6.07) is 9.10. The van der Waals surface area contributed by atoms with Gasteiger partial charge in [0.1, 0.15) is 5.75 Å². The number of amides is 1. The minimum atomic E-state index is -0.238. The maximum absolute atomic E-state index is 12.0. The van der Waals surface area contributed by atoms with Crippen LogP contribution in [0, 0.1) is 0 Å². The fraction of sp³-hybridized carbons (Fsp3) is 0.143. The number of nitrogens with one attached hydrogen (secondary N) is 1. The van der Waals surface area contributed by atoms with Gasteiger partial charge in [0.15, 0.2) is 0 Å². The fourth-order valence-electron chi connectivity index (χ4n) is 1.68. The van der Waals surface area contributed by atoms with Crippen molar-refractivity contribution in [1.29, 1.82) is 0 Å². The number of rotatable bonds is 4. The highest BCUT2D eigenvalue weighted by atomic mass is 35.5. The lowest BCUT2D eigenvalue weighted by Gasteiger charge is -2.10. The van der Waals surface area contributed by atoms with Gasteiger partial charge >= 0.3 is 0 Å². The number of ether oxygens (including phenoxy) is 1. The molecule has 4 nitrogen and oxygen atoms in total. The van der Waals surface area contributed by atoms with E-state index in [1.54, 1.807) is 13.2 Å².